The van der Waals surface area contributed by atoms with Gasteiger partial charge in [-0.1, -0.05) is 6.07 Å². The van der Waals surface area contributed by atoms with Crippen LogP contribution in [0.1, 0.15) is 15.2 Å². The highest BCUT2D eigenvalue weighted by atomic mass is 32.1. The first-order valence-electron chi connectivity index (χ1n) is 10.2. The van der Waals surface area contributed by atoms with Gasteiger partial charge in [0, 0.05) is 18.5 Å². The SMILES string of the molecule is COc1cc(C(=O)O)ccc1Nc1ncc2c(n1)N(CCc1cccs1)CC(F)(F)C(=O)N2C. The van der Waals surface area contributed by atoms with Crippen LogP contribution in [0.2, 0.25) is 0 Å². The van der Waals surface area contributed by atoms with Crippen LogP contribution in [0.25, 0.3) is 0 Å². The molecular formula is C22H21F2N5O4S. The number of methoxy groups -OCH3 is 1. The Hall–Kier alpha value is -3.80. The van der Waals surface area contributed by atoms with Gasteiger partial charge < -0.3 is 25.0 Å². The first-order chi connectivity index (χ1) is 16.2. The average molecular weight is 490 g/mol. The molecule has 3 aromatic rings. The summed E-state index contributed by atoms with van der Waals surface area (Å²) in [7, 11) is 2.65. The predicted molar refractivity (Wildman–Crippen MR) is 124 cm³/mol. The van der Waals surface area contributed by atoms with Gasteiger partial charge in [0.15, 0.2) is 5.82 Å². The lowest BCUT2D eigenvalue weighted by Crippen LogP contribution is -2.46. The van der Waals surface area contributed by atoms with Crippen LogP contribution < -0.4 is 19.9 Å². The van der Waals surface area contributed by atoms with Crippen molar-refractivity contribution < 1.29 is 28.2 Å². The van der Waals surface area contributed by atoms with Gasteiger partial charge in [-0.2, -0.15) is 13.8 Å². The molecule has 4 rings (SSSR count). The fraction of sp³-hybridized carbons (Fsp3) is 0.273. The molecule has 178 valence electrons. The summed E-state index contributed by atoms with van der Waals surface area (Å²) in [6, 6.07) is 8.02. The molecule has 0 saturated carbocycles. The maximum Gasteiger partial charge on any atom is 0.342 e. The molecule has 2 N–H and O–H groups in total. The molecule has 9 nitrogen and oxygen atoms in total. The highest BCUT2D eigenvalue weighted by molar-refractivity contribution is 7.09. The average Bonchev–Trinajstić information content (AvgIpc) is 3.32. The smallest absolute Gasteiger partial charge is 0.342 e. The number of carboxylic acids is 1. The number of carboxylic acid groups (broad SMARTS) is 1. The van der Waals surface area contributed by atoms with Gasteiger partial charge >= 0.3 is 11.9 Å². The zero-order valence-electron chi connectivity index (χ0n) is 18.3. The minimum absolute atomic E-state index is 0.0346. The summed E-state index contributed by atoms with van der Waals surface area (Å²) in [5, 5.41) is 14.0. The van der Waals surface area contributed by atoms with Gasteiger partial charge in [0.1, 0.15) is 11.4 Å². The molecule has 1 aromatic carbocycles. The summed E-state index contributed by atoms with van der Waals surface area (Å²) in [5.41, 5.74) is 0.584. The molecule has 0 saturated heterocycles. The highest BCUT2D eigenvalue weighted by Crippen LogP contribution is 2.36. The normalized spacial score (nSPS) is 15.0. The predicted octanol–water partition coefficient (Wildman–Crippen LogP) is 3.65. The summed E-state index contributed by atoms with van der Waals surface area (Å²) in [5.74, 6) is -5.54. The zero-order chi connectivity index (χ0) is 24.5. The molecule has 0 bridgehead atoms. The molecule has 0 spiro atoms. The number of aromatic nitrogens is 2. The number of carbonyl (C=O) groups is 2. The molecule has 0 unspecified atom stereocenters. The molecule has 0 atom stereocenters. The number of nitrogens with one attached hydrogen (secondary N) is 1. The number of rotatable bonds is 7. The first kappa shape index (κ1) is 23.4. The fourth-order valence-corrected chi connectivity index (χ4v) is 4.26. The minimum atomic E-state index is -3.60. The van der Waals surface area contributed by atoms with Crippen LogP contribution in [0.4, 0.5) is 31.9 Å². The number of alkyl halides is 2. The number of aromatic carboxylic acids is 1. The lowest BCUT2D eigenvalue weighted by Gasteiger charge is -2.25. The molecule has 3 heterocycles. The molecule has 34 heavy (non-hydrogen) atoms. The molecule has 0 radical (unpaired) electrons. The molecule has 1 aliphatic rings. The summed E-state index contributed by atoms with van der Waals surface area (Å²) >= 11 is 1.52. The van der Waals surface area contributed by atoms with E-state index in [4.69, 9.17) is 4.74 Å². The minimum Gasteiger partial charge on any atom is -0.495 e. The van der Waals surface area contributed by atoms with Crippen molar-refractivity contribution >= 4 is 46.4 Å². The van der Waals surface area contributed by atoms with Crippen LogP contribution >= 0.6 is 11.3 Å². The largest absolute Gasteiger partial charge is 0.495 e. The quantitative estimate of drug-likeness (QED) is 0.518. The Balaban J connectivity index is 1.69. The molecule has 0 aliphatic carbocycles. The Bertz CT molecular complexity index is 1220. The van der Waals surface area contributed by atoms with E-state index in [1.54, 1.807) is 0 Å². The standard InChI is InChI=1S/C22H21F2N5O4S/c1-28-16-11-25-21(26-15-6-5-13(19(30)31)10-17(15)33-2)27-18(16)29(12-22(23,24)20(28)32)8-7-14-4-3-9-34-14/h3-6,9-11H,7-8,12H2,1-2H3,(H,30,31)(H,25,26,27). The Morgan fingerprint density at radius 2 is 2.15 bits per heavy atom. The Labute approximate surface area is 197 Å². The van der Waals surface area contributed by atoms with Gasteiger partial charge in [0.05, 0.1) is 31.1 Å². The van der Waals surface area contributed by atoms with E-state index in [1.165, 1.54) is 54.8 Å². The number of hydrogen-bond donors (Lipinski definition) is 2. The first-order valence-corrected chi connectivity index (χ1v) is 11.1. The molecule has 2 aromatic heterocycles. The van der Waals surface area contributed by atoms with Crippen molar-refractivity contribution in [2.75, 3.05) is 42.4 Å². The van der Waals surface area contributed by atoms with Crippen molar-refractivity contribution in [3.63, 3.8) is 0 Å². The topological polar surface area (TPSA) is 108 Å². The van der Waals surface area contributed by atoms with Crippen molar-refractivity contribution in [2.45, 2.75) is 12.3 Å². The van der Waals surface area contributed by atoms with Crippen molar-refractivity contribution in [1.29, 1.82) is 0 Å². The Morgan fingerprint density at radius 1 is 1.35 bits per heavy atom. The molecule has 0 fully saturated rings. The number of thiophene rings is 1. The van der Waals surface area contributed by atoms with Gasteiger partial charge in [-0.3, -0.25) is 4.79 Å². The van der Waals surface area contributed by atoms with Crippen LogP contribution in [0.3, 0.4) is 0 Å². The number of carbonyl (C=O) groups excluding carboxylic acids is 1. The zero-order valence-corrected chi connectivity index (χ0v) is 19.1. The van der Waals surface area contributed by atoms with E-state index in [0.29, 0.717) is 12.1 Å². The maximum absolute atomic E-state index is 14.7. The van der Waals surface area contributed by atoms with Crippen molar-refractivity contribution in [1.82, 2.24) is 9.97 Å². The second kappa shape index (κ2) is 9.21. The van der Waals surface area contributed by atoms with E-state index in [1.807, 2.05) is 17.5 Å². The third-order valence-electron chi connectivity index (χ3n) is 5.32. The third kappa shape index (κ3) is 4.62. The van der Waals surface area contributed by atoms with E-state index in [0.717, 1.165) is 9.78 Å². The highest BCUT2D eigenvalue weighted by Gasteiger charge is 2.47. The number of nitrogens with zero attached hydrogens (tertiary/aromatic N) is 4. The van der Waals surface area contributed by atoms with Crippen molar-refractivity contribution in [3.05, 3.63) is 52.3 Å². The number of benzene rings is 1. The van der Waals surface area contributed by atoms with Gasteiger partial charge in [-0.05, 0) is 36.1 Å². The molecule has 12 heteroatoms. The fourth-order valence-electron chi connectivity index (χ4n) is 3.57. The van der Waals surface area contributed by atoms with Gasteiger partial charge in [-0.25, -0.2) is 9.78 Å². The monoisotopic (exact) mass is 489 g/mol. The van der Waals surface area contributed by atoms with E-state index in [2.05, 4.69) is 15.3 Å². The van der Waals surface area contributed by atoms with Gasteiger partial charge in [0.2, 0.25) is 5.95 Å². The summed E-state index contributed by atoms with van der Waals surface area (Å²) in [6.45, 7) is -0.598. The van der Waals surface area contributed by atoms with Gasteiger partial charge in [-0.15, -0.1) is 11.3 Å². The molecule has 1 aliphatic heterocycles. The molecule has 1 amide bonds. The van der Waals surface area contributed by atoms with E-state index < -0.39 is 24.3 Å². The lowest BCUT2D eigenvalue weighted by atomic mass is 10.2. The second-order valence-corrected chi connectivity index (χ2v) is 8.60. The Morgan fingerprint density at radius 3 is 2.82 bits per heavy atom. The number of halogens is 2. The van der Waals surface area contributed by atoms with Crippen LogP contribution in [0.15, 0.2) is 41.9 Å². The number of fused-ring (bicyclic) bond motifs is 1. The van der Waals surface area contributed by atoms with E-state index in [-0.39, 0.29) is 35.3 Å². The van der Waals surface area contributed by atoms with Crippen LogP contribution in [0.5, 0.6) is 5.75 Å². The Kier molecular flexibility index (Phi) is 6.33. The van der Waals surface area contributed by atoms with Crippen LogP contribution in [-0.4, -0.2) is 60.1 Å². The van der Waals surface area contributed by atoms with E-state index in [9.17, 15) is 23.5 Å². The number of amides is 1. The summed E-state index contributed by atoms with van der Waals surface area (Å²) in [4.78, 5) is 35.5. The van der Waals surface area contributed by atoms with Crippen LogP contribution in [0, 0.1) is 0 Å². The van der Waals surface area contributed by atoms with Crippen molar-refractivity contribution in [2.24, 2.45) is 0 Å². The number of ether oxygens (including phenoxy) is 1. The summed E-state index contributed by atoms with van der Waals surface area (Å²) in [6.07, 6.45) is 1.81. The maximum atomic E-state index is 14.7. The van der Waals surface area contributed by atoms with Crippen LogP contribution in [-0.2, 0) is 11.2 Å². The van der Waals surface area contributed by atoms with Gasteiger partial charge in [0.25, 0.3) is 5.91 Å². The number of hydrogen-bond acceptors (Lipinski definition) is 8. The second-order valence-electron chi connectivity index (χ2n) is 7.57. The lowest BCUT2D eigenvalue weighted by molar-refractivity contribution is -0.140. The third-order valence-corrected chi connectivity index (χ3v) is 6.26. The molecular weight excluding hydrogens is 468 g/mol. The number of anilines is 4. The van der Waals surface area contributed by atoms with Crippen molar-refractivity contribution in [3.8, 4) is 5.75 Å². The van der Waals surface area contributed by atoms with E-state index >= 15 is 0 Å². The summed E-state index contributed by atoms with van der Waals surface area (Å²) < 4.78 is 34.6.